The fourth-order valence-electron chi connectivity index (χ4n) is 3.35. The summed E-state index contributed by atoms with van der Waals surface area (Å²) in [6, 6.07) is 10.2. The van der Waals surface area contributed by atoms with Gasteiger partial charge >= 0.3 is 11.9 Å². The number of rotatable bonds is 6. The molecule has 0 spiro atoms. The number of hydrogen-bond donors (Lipinski definition) is 1. The zero-order chi connectivity index (χ0) is 26.2. The van der Waals surface area contributed by atoms with Gasteiger partial charge in [0.1, 0.15) is 11.3 Å². The van der Waals surface area contributed by atoms with E-state index in [2.05, 4.69) is 10.2 Å². The van der Waals surface area contributed by atoms with E-state index in [1.807, 2.05) is 0 Å². The molecule has 0 unspecified atom stereocenters. The molecule has 0 aliphatic rings. The highest BCUT2D eigenvalue weighted by atomic mass is 35.5. The zero-order valence-electron chi connectivity index (χ0n) is 18.2. The minimum atomic E-state index is -4.91. The third-order valence-corrected chi connectivity index (χ3v) is 5.43. The van der Waals surface area contributed by atoms with Crippen LogP contribution in [-0.2, 0) is 19.8 Å². The number of nitrogens with zero attached hydrogens (tertiary/aromatic N) is 4. The van der Waals surface area contributed by atoms with Gasteiger partial charge in [-0.05, 0) is 47.5 Å². The van der Waals surface area contributed by atoms with Crippen LogP contribution in [0.15, 0.2) is 64.3 Å². The van der Waals surface area contributed by atoms with Crippen molar-refractivity contribution in [3.8, 4) is 22.6 Å². The van der Waals surface area contributed by atoms with Crippen molar-refractivity contribution in [3.05, 3.63) is 102 Å². The normalized spacial score (nSPS) is 11.5. The van der Waals surface area contributed by atoms with E-state index in [9.17, 15) is 32.9 Å². The smallest absolute Gasteiger partial charge is 0.420 e. The van der Waals surface area contributed by atoms with Gasteiger partial charge in [0.05, 0.1) is 11.5 Å². The number of H-pyrrole nitrogens is 1. The molecule has 4 rings (SSSR count). The number of halogens is 4. The Kier molecular flexibility index (Phi) is 6.41. The lowest BCUT2D eigenvalue weighted by Crippen LogP contribution is -2.26. The van der Waals surface area contributed by atoms with Crippen molar-refractivity contribution in [2.24, 2.45) is 7.05 Å². The van der Waals surface area contributed by atoms with Crippen LogP contribution in [0.5, 0.6) is 11.5 Å². The Labute approximate surface area is 204 Å². The van der Waals surface area contributed by atoms with E-state index in [-0.39, 0.29) is 28.8 Å². The minimum absolute atomic E-state index is 0.0946. The molecule has 0 amide bonds. The quantitative estimate of drug-likeness (QED) is 0.297. The molecule has 0 atom stereocenters. The molecule has 0 saturated heterocycles. The Morgan fingerprint density at radius 3 is 2.39 bits per heavy atom. The van der Waals surface area contributed by atoms with Gasteiger partial charge < -0.3 is 9.30 Å². The number of non-ortho nitro benzene ring substituents is 1. The molecular formula is C22H15ClF3N5O5. The summed E-state index contributed by atoms with van der Waals surface area (Å²) in [6.45, 7) is -0.299. The van der Waals surface area contributed by atoms with E-state index in [1.165, 1.54) is 49.5 Å². The first-order valence-corrected chi connectivity index (χ1v) is 10.5. The number of hydrogen-bond acceptors (Lipinski definition) is 6. The molecule has 0 radical (unpaired) electrons. The number of pyridine rings is 1. The summed E-state index contributed by atoms with van der Waals surface area (Å²) < 4.78 is 48.6. The molecule has 2 heterocycles. The van der Waals surface area contributed by atoms with Crippen LogP contribution in [0.3, 0.4) is 0 Å². The van der Waals surface area contributed by atoms with Crippen molar-refractivity contribution in [2.45, 2.75) is 12.7 Å². The molecule has 0 bridgehead atoms. The van der Waals surface area contributed by atoms with Crippen LogP contribution in [0.1, 0.15) is 11.4 Å². The maximum absolute atomic E-state index is 13.7. The van der Waals surface area contributed by atoms with Crippen molar-refractivity contribution in [1.82, 2.24) is 19.3 Å². The topological polar surface area (TPSA) is 125 Å². The number of aromatic nitrogens is 4. The number of benzene rings is 2. The standard InChI is InChI=1S/C22H15ClF3N5O5/c1-29-18(27-28-21(29)33)11-30-7-6-17(22(24,25)26)19(20(30)32)36-16-9-13(8-14(23)10-16)12-2-4-15(5-3-12)31(34)35/h2-10H,11H2,1H3,(H,28,33). The number of nitro benzene ring substituents is 1. The van der Waals surface area contributed by atoms with Gasteiger partial charge in [-0.25, -0.2) is 9.89 Å². The van der Waals surface area contributed by atoms with E-state index in [0.717, 1.165) is 15.3 Å². The summed E-state index contributed by atoms with van der Waals surface area (Å²) in [4.78, 5) is 34.9. The monoisotopic (exact) mass is 521 g/mol. The van der Waals surface area contributed by atoms with Gasteiger partial charge in [-0.15, -0.1) is 0 Å². The average molecular weight is 522 g/mol. The number of nitro groups is 1. The zero-order valence-corrected chi connectivity index (χ0v) is 19.0. The Hall–Kier alpha value is -4.39. The molecule has 36 heavy (non-hydrogen) atoms. The summed E-state index contributed by atoms with van der Waals surface area (Å²) >= 11 is 6.14. The van der Waals surface area contributed by atoms with E-state index < -0.39 is 33.7 Å². The van der Waals surface area contributed by atoms with Gasteiger partial charge in [0.15, 0.2) is 5.82 Å². The fraction of sp³-hybridized carbons (Fsp3) is 0.136. The lowest BCUT2D eigenvalue weighted by atomic mass is 10.1. The first-order valence-electron chi connectivity index (χ1n) is 10.1. The van der Waals surface area contributed by atoms with Crippen molar-refractivity contribution in [2.75, 3.05) is 0 Å². The molecule has 0 aliphatic carbocycles. The van der Waals surface area contributed by atoms with Crippen molar-refractivity contribution >= 4 is 17.3 Å². The van der Waals surface area contributed by atoms with Crippen LogP contribution in [0.4, 0.5) is 18.9 Å². The van der Waals surface area contributed by atoms with Crippen LogP contribution >= 0.6 is 11.6 Å². The predicted octanol–water partition coefficient (Wildman–Crippen LogP) is 4.36. The largest absolute Gasteiger partial charge is 0.451 e. The number of aromatic amines is 1. The molecular weight excluding hydrogens is 507 g/mol. The van der Waals surface area contributed by atoms with Crippen LogP contribution in [0.25, 0.3) is 11.1 Å². The number of alkyl halides is 3. The first-order chi connectivity index (χ1) is 16.9. The third-order valence-electron chi connectivity index (χ3n) is 5.21. The van der Waals surface area contributed by atoms with Gasteiger partial charge in [0.2, 0.25) is 5.75 Å². The fourth-order valence-corrected chi connectivity index (χ4v) is 3.58. The highest BCUT2D eigenvalue weighted by Crippen LogP contribution is 2.37. The van der Waals surface area contributed by atoms with Gasteiger partial charge in [0.25, 0.3) is 11.2 Å². The van der Waals surface area contributed by atoms with Crippen molar-refractivity contribution < 1.29 is 22.8 Å². The first kappa shape index (κ1) is 24.7. The lowest BCUT2D eigenvalue weighted by Gasteiger charge is -2.16. The summed E-state index contributed by atoms with van der Waals surface area (Å²) in [5, 5.41) is 16.9. The third kappa shape index (κ3) is 5.00. The molecule has 0 fully saturated rings. The Morgan fingerprint density at radius 2 is 1.81 bits per heavy atom. The van der Waals surface area contributed by atoms with E-state index in [4.69, 9.17) is 16.3 Å². The molecule has 2 aromatic carbocycles. The van der Waals surface area contributed by atoms with E-state index in [1.54, 1.807) is 0 Å². The van der Waals surface area contributed by atoms with Gasteiger partial charge in [-0.2, -0.15) is 18.3 Å². The SMILES string of the molecule is Cn1c(Cn2ccc(C(F)(F)F)c(Oc3cc(Cl)cc(-c4ccc([N+](=O)[O-])cc4)c3)c2=O)n[nH]c1=O. The molecule has 4 aromatic rings. The second-order valence-electron chi connectivity index (χ2n) is 7.58. The summed E-state index contributed by atoms with van der Waals surface area (Å²) in [7, 11) is 1.39. The maximum Gasteiger partial charge on any atom is 0.420 e. The second kappa shape index (κ2) is 9.34. The van der Waals surface area contributed by atoms with Crippen LogP contribution < -0.4 is 16.0 Å². The van der Waals surface area contributed by atoms with Crippen LogP contribution in [0, 0.1) is 10.1 Å². The minimum Gasteiger partial charge on any atom is -0.451 e. The molecule has 1 N–H and O–H groups in total. The van der Waals surface area contributed by atoms with Gasteiger partial charge in [-0.3, -0.25) is 19.5 Å². The summed E-state index contributed by atoms with van der Waals surface area (Å²) in [5.41, 5.74) is -2.25. The Bertz CT molecular complexity index is 1570. The van der Waals surface area contributed by atoms with E-state index in [0.29, 0.717) is 17.2 Å². The number of nitrogens with one attached hydrogen (secondary N) is 1. The summed E-state index contributed by atoms with van der Waals surface area (Å²) in [6.07, 6.45) is -3.98. The van der Waals surface area contributed by atoms with Crippen molar-refractivity contribution in [1.29, 1.82) is 0 Å². The number of ether oxygens (including phenoxy) is 1. The van der Waals surface area contributed by atoms with Crippen LogP contribution in [0.2, 0.25) is 5.02 Å². The second-order valence-corrected chi connectivity index (χ2v) is 8.01. The highest BCUT2D eigenvalue weighted by molar-refractivity contribution is 6.31. The average Bonchev–Trinajstić information content (AvgIpc) is 3.12. The maximum atomic E-state index is 13.7. The molecule has 10 nitrogen and oxygen atoms in total. The Morgan fingerprint density at radius 1 is 1.11 bits per heavy atom. The lowest BCUT2D eigenvalue weighted by molar-refractivity contribution is -0.384. The molecule has 0 aliphatic heterocycles. The highest BCUT2D eigenvalue weighted by Gasteiger charge is 2.36. The van der Waals surface area contributed by atoms with Gasteiger partial charge in [0, 0.05) is 30.4 Å². The van der Waals surface area contributed by atoms with Gasteiger partial charge in [-0.1, -0.05) is 11.6 Å². The molecule has 0 saturated carbocycles. The van der Waals surface area contributed by atoms with Crippen molar-refractivity contribution in [3.63, 3.8) is 0 Å². The summed E-state index contributed by atoms with van der Waals surface area (Å²) in [5.74, 6) is -1.05. The predicted molar refractivity (Wildman–Crippen MR) is 122 cm³/mol. The Balaban J connectivity index is 1.76. The molecule has 2 aromatic heterocycles. The molecule has 186 valence electrons. The van der Waals surface area contributed by atoms with E-state index >= 15 is 0 Å². The van der Waals surface area contributed by atoms with Crippen LogP contribution in [-0.4, -0.2) is 24.3 Å². The molecule has 14 heteroatoms.